The fourth-order valence-electron chi connectivity index (χ4n) is 4.84. The molecule has 2 heterocycles. The number of nitrogens with two attached hydrogens (primary N) is 1. The molecule has 0 amide bonds. The number of aryl methyl sites for hydroxylation is 2. The monoisotopic (exact) mass is 871 g/mol. The summed E-state index contributed by atoms with van der Waals surface area (Å²) in [6.07, 6.45) is -8.40. The number of nitrogen functional groups attached to an aromatic ring is 1. The molecule has 0 atom stereocenters. The Morgan fingerprint density at radius 2 is 1.05 bits per heavy atom. The highest BCUT2D eigenvalue weighted by atomic mass is 32.2. The maximum atomic E-state index is 12.7. The summed E-state index contributed by atoms with van der Waals surface area (Å²) >= 11 is 0. The van der Waals surface area contributed by atoms with E-state index < -0.39 is 43.5 Å². The second-order valence-corrected chi connectivity index (χ2v) is 15.5. The molecule has 0 spiro atoms. The first-order valence-electron chi connectivity index (χ1n) is 16.0. The molecule has 0 aliphatic carbocycles. The molecule has 4 aromatic carbocycles. The van der Waals surface area contributed by atoms with Gasteiger partial charge in [0.15, 0.2) is 11.6 Å². The van der Waals surface area contributed by atoms with E-state index in [0.29, 0.717) is 45.1 Å². The van der Waals surface area contributed by atoms with Gasteiger partial charge >= 0.3 is 12.4 Å². The van der Waals surface area contributed by atoms with Gasteiger partial charge in [0.1, 0.15) is 7.85 Å². The van der Waals surface area contributed by atoms with Crippen molar-refractivity contribution in [1.29, 1.82) is 0 Å². The standard InChI is InChI=1S/C17H16F3N5O2S.C9H12N6O2S.C7H4BF3.2H2O/c1-21-28(26,27)14-8-5-12(15(10-14)16-22-23-24-25(16)2)9-11-3-6-13(7-4-11)17(18,19)20;1-11-18(16,17)6-3-4-8(10)7(5-6)9-12-13-14-15(9)2;8-6-3-1-5(2-4-6)7(9,10)11;;/h3-8,10,21H,9H2,1-2H3;3-5,11H,10H2,1-2H3;1-4H;2*1H2. The largest absolute Gasteiger partial charge is 0.416 e. The van der Waals surface area contributed by atoms with Gasteiger partial charge in [-0.2, -0.15) is 26.3 Å². The average molecular weight is 872 g/mol. The Bertz CT molecular complexity index is 2540. The van der Waals surface area contributed by atoms with Gasteiger partial charge in [0, 0.05) is 30.9 Å². The van der Waals surface area contributed by atoms with Crippen LogP contribution in [0.1, 0.15) is 22.3 Å². The number of alkyl halides is 6. The molecular formula is C33H36BF6N11O6S2. The van der Waals surface area contributed by atoms with Crippen molar-refractivity contribution in [2.45, 2.75) is 28.6 Å². The predicted molar refractivity (Wildman–Crippen MR) is 204 cm³/mol. The first-order chi connectivity index (χ1) is 26.6. The van der Waals surface area contributed by atoms with Gasteiger partial charge in [-0.15, -0.1) is 10.2 Å². The lowest BCUT2D eigenvalue weighted by molar-refractivity contribution is -0.138. The zero-order valence-corrected chi connectivity index (χ0v) is 32.9. The van der Waals surface area contributed by atoms with Crippen LogP contribution in [0.15, 0.2) is 94.7 Å². The van der Waals surface area contributed by atoms with Gasteiger partial charge in [-0.3, -0.25) is 0 Å². The highest BCUT2D eigenvalue weighted by molar-refractivity contribution is 7.89. The number of aromatic nitrogens is 8. The SMILES string of the molecule is CNS(=O)(=O)c1ccc(Cc2ccc(C(F)(F)F)cc2)c(-c2nnnn2C)c1.CNS(=O)(=O)c1ccc(N)c(-c2nnnn2C)c1.O.O.[B]c1ccc(C(F)(F)F)cc1. The minimum atomic E-state index is -4.41. The zero-order chi connectivity index (χ0) is 42.3. The smallest absolute Gasteiger partial charge is 0.412 e. The number of nitrogens with one attached hydrogen (secondary N) is 2. The molecule has 6 rings (SSSR count). The Hall–Kier alpha value is -5.80. The van der Waals surface area contributed by atoms with E-state index in [1.54, 1.807) is 20.2 Å². The molecule has 26 heteroatoms. The zero-order valence-electron chi connectivity index (χ0n) is 31.2. The molecule has 6 aromatic rings. The van der Waals surface area contributed by atoms with Crippen molar-refractivity contribution < 1.29 is 54.1 Å². The Kier molecular flexibility index (Phi) is 16.5. The van der Waals surface area contributed by atoms with Gasteiger partial charge in [0.05, 0.1) is 20.9 Å². The van der Waals surface area contributed by atoms with E-state index >= 15 is 0 Å². The summed E-state index contributed by atoms with van der Waals surface area (Å²) in [6, 6.07) is 18.0. The molecule has 0 bridgehead atoms. The summed E-state index contributed by atoms with van der Waals surface area (Å²) in [6.45, 7) is 0. The normalized spacial score (nSPS) is 11.6. The summed E-state index contributed by atoms with van der Waals surface area (Å²) < 4.78 is 129. The van der Waals surface area contributed by atoms with Crippen molar-refractivity contribution >= 4 is 39.0 Å². The molecule has 0 saturated heterocycles. The number of anilines is 1. The highest BCUT2D eigenvalue weighted by Crippen LogP contribution is 2.31. The first kappa shape index (κ1) is 49.4. The van der Waals surface area contributed by atoms with Crippen molar-refractivity contribution in [2.75, 3.05) is 19.8 Å². The van der Waals surface area contributed by atoms with Gasteiger partial charge in [0.2, 0.25) is 20.0 Å². The summed E-state index contributed by atoms with van der Waals surface area (Å²) in [5.74, 6) is 0.746. The Morgan fingerprint density at radius 1 is 0.644 bits per heavy atom. The van der Waals surface area contributed by atoms with Crippen molar-refractivity contribution in [3.63, 3.8) is 0 Å². The van der Waals surface area contributed by atoms with E-state index in [2.05, 4.69) is 40.5 Å². The van der Waals surface area contributed by atoms with Gasteiger partial charge in [0.25, 0.3) is 0 Å². The van der Waals surface area contributed by atoms with Gasteiger partial charge in [-0.05, 0) is 95.0 Å². The number of sulfonamides is 2. The van der Waals surface area contributed by atoms with Crippen LogP contribution in [-0.4, -0.2) is 90.1 Å². The topological polar surface area (TPSA) is 269 Å². The first-order valence-corrected chi connectivity index (χ1v) is 19.0. The minimum absolute atomic E-state index is 0. The van der Waals surface area contributed by atoms with Crippen LogP contribution in [-0.2, 0) is 52.9 Å². The van der Waals surface area contributed by atoms with Crippen molar-refractivity contribution in [1.82, 2.24) is 49.9 Å². The van der Waals surface area contributed by atoms with Gasteiger partial charge in [-0.25, -0.2) is 35.6 Å². The van der Waals surface area contributed by atoms with E-state index in [1.807, 2.05) is 0 Å². The van der Waals surface area contributed by atoms with Crippen LogP contribution in [0.5, 0.6) is 0 Å². The molecule has 316 valence electrons. The second-order valence-electron chi connectivity index (χ2n) is 11.7. The van der Waals surface area contributed by atoms with E-state index in [1.165, 1.54) is 78.1 Å². The van der Waals surface area contributed by atoms with Gasteiger partial charge < -0.3 is 16.7 Å². The summed E-state index contributed by atoms with van der Waals surface area (Å²) in [5.41, 5.74) is 7.39. The van der Waals surface area contributed by atoms with Crippen molar-refractivity contribution in [2.24, 2.45) is 14.1 Å². The molecule has 0 aliphatic rings. The summed E-state index contributed by atoms with van der Waals surface area (Å²) in [5, 5.41) is 22.2. The van der Waals surface area contributed by atoms with Crippen LogP contribution < -0.4 is 20.6 Å². The maximum absolute atomic E-state index is 12.7. The van der Waals surface area contributed by atoms with E-state index in [-0.39, 0.29) is 27.2 Å². The molecule has 0 aliphatic heterocycles. The lowest BCUT2D eigenvalue weighted by Gasteiger charge is -2.12. The third kappa shape index (κ3) is 12.6. The number of rotatable bonds is 8. The second kappa shape index (κ2) is 19.8. The molecule has 59 heavy (non-hydrogen) atoms. The van der Waals surface area contributed by atoms with Crippen molar-refractivity contribution in [3.05, 3.63) is 107 Å². The van der Waals surface area contributed by atoms with Crippen LogP contribution in [0.25, 0.3) is 22.8 Å². The average Bonchev–Trinajstić information content (AvgIpc) is 3.79. The molecule has 17 nitrogen and oxygen atoms in total. The number of hydrogen-bond donors (Lipinski definition) is 3. The minimum Gasteiger partial charge on any atom is -0.412 e. The Morgan fingerprint density at radius 3 is 1.46 bits per heavy atom. The Balaban J connectivity index is 0.000000332. The molecule has 2 aromatic heterocycles. The van der Waals surface area contributed by atoms with Crippen LogP contribution in [0.4, 0.5) is 32.0 Å². The summed E-state index contributed by atoms with van der Waals surface area (Å²) in [7, 11) is 3.89. The van der Waals surface area contributed by atoms with Crippen molar-refractivity contribution in [3.8, 4) is 22.8 Å². The van der Waals surface area contributed by atoms with Crippen LogP contribution in [0, 0.1) is 0 Å². The quantitative estimate of drug-likeness (QED) is 0.112. The number of tetrazole rings is 2. The maximum Gasteiger partial charge on any atom is 0.416 e. The van der Waals surface area contributed by atoms with Crippen LogP contribution >= 0.6 is 0 Å². The predicted octanol–water partition coefficient (Wildman–Crippen LogP) is 1.61. The number of halogens is 6. The number of benzene rings is 4. The van der Waals surface area contributed by atoms with Gasteiger partial charge in [-0.1, -0.05) is 47.9 Å². The lowest BCUT2D eigenvalue weighted by atomic mass is 9.95. The third-order valence-corrected chi connectivity index (χ3v) is 10.7. The van der Waals surface area contributed by atoms with E-state index in [4.69, 9.17) is 13.6 Å². The van der Waals surface area contributed by atoms with Crippen LogP contribution in [0.3, 0.4) is 0 Å². The fourth-order valence-corrected chi connectivity index (χ4v) is 6.35. The third-order valence-electron chi connectivity index (χ3n) is 7.90. The molecule has 2 radical (unpaired) electrons. The fraction of sp³-hybridized carbons (Fsp3) is 0.212. The summed E-state index contributed by atoms with van der Waals surface area (Å²) in [4.78, 5) is 0.140. The van der Waals surface area contributed by atoms with E-state index in [0.717, 1.165) is 24.3 Å². The lowest BCUT2D eigenvalue weighted by Crippen LogP contribution is -2.18. The Labute approximate surface area is 334 Å². The van der Waals surface area contributed by atoms with E-state index in [9.17, 15) is 43.2 Å². The number of hydrogen-bond acceptors (Lipinski definition) is 11. The molecule has 0 unspecified atom stereocenters. The molecule has 0 saturated carbocycles. The number of nitrogens with zero attached hydrogens (tertiary/aromatic N) is 8. The molecular weight excluding hydrogens is 835 g/mol. The highest BCUT2D eigenvalue weighted by Gasteiger charge is 2.30. The molecule has 8 N–H and O–H groups in total. The van der Waals surface area contributed by atoms with Crippen LogP contribution in [0.2, 0.25) is 0 Å². The molecule has 0 fully saturated rings.